The number of carboxylic acids is 1. The highest BCUT2D eigenvalue weighted by atomic mass is 35.5. The van der Waals surface area contributed by atoms with Crippen LogP contribution in [0.4, 0.5) is 0 Å². The number of benzene rings is 2. The Morgan fingerprint density at radius 2 is 1.79 bits per heavy atom. The van der Waals surface area contributed by atoms with E-state index in [0.717, 1.165) is 39.1 Å². The number of carboxylic acid groups (broad SMARTS) is 1. The van der Waals surface area contributed by atoms with Gasteiger partial charge in [-0.2, -0.15) is 0 Å². The zero-order valence-corrected chi connectivity index (χ0v) is 14.5. The zero-order chi connectivity index (χ0) is 16.9. The number of aryl methyl sites for hydroxylation is 2. The molecule has 0 aliphatic carbocycles. The molecule has 1 N–H and O–H groups in total. The number of rotatable bonds is 6. The molecule has 24 heavy (non-hydrogen) atoms. The molecule has 122 valence electrons. The molecule has 0 aliphatic heterocycles. The second-order valence-corrected chi connectivity index (χ2v) is 6.84. The van der Waals surface area contributed by atoms with E-state index in [4.69, 9.17) is 16.7 Å². The van der Waals surface area contributed by atoms with Gasteiger partial charge in [0.15, 0.2) is 0 Å². The summed E-state index contributed by atoms with van der Waals surface area (Å²) in [6.45, 7) is 0. The molecule has 0 atom stereocenters. The molecule has 3 nitrogen and oxygen atoms in total. The van der Waals surface area contributed by atoms with Gasteiger partial charge < -0.3 is 5.11 Å². The molecule has 0 radical (unpaired) electrons. The second-order valence-electron chi connectivity index (χ2n) is 5.42. The molecule has 0 spiro atoms. The third-order valence-corrected chi connectivity index (χ3v) is 5.26. The molecule has 0 saturated carbocycles. The van der Waals surface area contributed by atoms with E-state index < -0.39 is 5.97 Å². The molecule has 0 amide bonds. The van der Waals surface area contributed by atoms with Gasteiger partial charge in [0.2, 0.25) is 0 Å². The van der Waals surface area contributed by atoms with Crippen LogP contribution in [0.3, 0.4) is 0 Å². The Morgan fingerprint density at radius 3 is 2.58 bits per heavy atom. The summed E-state index contributed by atoms with van der Waals surface area (Å²) in [7, 11) is 0. The first-order valence-corrected chi connectivity index (χ1v) is 8.95. The first-order chi connectivity index (χ1) is 11.6. The molecule has 3 aromatic rings. The molecule has 0 saturated heterocycles. The van der Waals surface area contributed by atoms with Gasteiger partial charge in [0.1, 0.15) is 0 Å². The lowest BCUT2D eigenvalue weighted by Crippen LogP contribution is -2.00. The topological polar surface area (TPSA) is 50.2 Å². The van der Waals surface area contributed by atoms with Gasteiger partial charge in [-0.25, -0.2) is 0 Å². The van der Waals surface area contributed by atoms with Crippen molar-refractivity contribution in [3.8, 4) is 0 Å². The first kappa shape index (κ1) is 16.8. The minimum Gasteiger partial charge on any atom is -0.481 e. The van der Waals surface area contributed by atoms with Crippen LogP contribution in [0.1, 0.15) is 11.1 Å². The summed E-state index contributed by atoms with van der Waals surface area (Å²) in [6.07, 6.45) is 5.18. The second kappa shape index (κ2) is 7.69. The number of thioether (sulfide) groups is 1. The number of aliphatic carboxylic acids is 1. The van der Waals surface area contributed by atoms with Crippen LogP contribution < -0.4 is 0 Å². The van der Waals surface area contributed by atoms with E-state index >= 15 is 0 Å². The third-order valence-electron chi connectivity index (χ3n) is 3.83. The Hall–Kier alpha value is -2.04. The smallest absolute Gasteiger partial charge is 0.313 e. The molecule has 1 heterocycles. The Morgan fingerprint density at radius 1 is 1.04 bits per heavy atom. The number of hydrogen-bond donors (Lipinski definition) is 1. The minimum absolute atomic E-state index is 0.0564. The molecule has 5 heteroatoms. The van der Waals surface area contributed by atoms with Crippen molar-refractivity contribution in [1.29, 1.82) is 0 Å². The van der Waals surface area contributed by atoms with E-state index in [-0.39, 0.29) is 5.75 Å². The molecule has 0 bridgehead atoms. The van der Waals surface area contributed by atoms with Crippen LogP contribution in [0, 0.1) is 0 Å². The van der Waals surface area contributed by atoms with E-state index in [1.54, 1.807) is 6.20 Å². The largest absolute Gasteiger partial charge is 0.481 e. The van der Waals surface area contributed by atoms with Crippen molar-refractivity contribution < 1.29 is 9.90 Å². The average Bonchev–Trinajstić information content (AvgIpc) is 2.60. The van der Waals surface area contributed by atoms with E-state index in [0.29, 0.717) is 0 Å². The van der Waals surface area contributed by atoms with Gasteiger partial charge in [0, 0.05) is 27.7 Å². The van der Waals surface area contributed by atoms with Gasteiger partial charge in [-0.1, -0.05) is 41.9 Å². The monoisotopic (exact) mass is 357 g/mol. The third kappa shape index (κ3) is 3.89. The maximum Gasteiger partial charge on any atom is 0.313 e. The van der Waals surface area contributed by atoms with Crippen molar-refractivity contribution in [2.45, 2.75) is 17.7 Å². The number of nitrogens with zero attached hydrogens (tertiary/aromatic N) is 1. The molecule has 0 fully saturated rings. The fourth-order valence-corrected chi connectivity index (χ4v) is 3.70. The van der Waals surface area contributed by atoms with Gasteiger partial charge in [0.25, 0.3) is 0 Å². The van der Waals surface area contributed by atoms with E-state index in [9.17, 15) is 4.79 Å². The minimum atomic E-state index is -0.813. The van der Waals surface area contributed by atoms with Crippen LogP contribution in [-0.2, 0) is 17.6 Å². The predicted octanol–water partition coefficient (Wildman–Crippen LogP) is 4.85. The molecule has 0 unspecified atom stereocenters. The van der Waals surface area contributed by atoms with Crippen LogP contribution in [0.25, 0.3) is 10.8 Å². The lowest BCUT2D eigenvalue weighted by atomic mass is 9.99. The lowest BCUT2D eigenvalue weighted by Gasteiger charge is -2.10. The van der Waals surface area contributed by atoms with Crippen molar-refractivity contribution >= 4 is 40.1 Å². The molecule has 3 rings (SSSR count). The standard InChI is InChI=1S/C19H16ClNO2S/c20-17-8-7-13(15-3-1-2-4-16(15)17)5-6-14-11-21-10-9-18(14)24-12-19(22)23/h1-4,7-11H,5-6,12H2,(H,22,23). The summed E-state index contributed by atoms with van der Waals surface area (Å²) in [5, 5.41) is 11.8. The Bertz CT molecular complexity index is 882. The van der Waals surface area contributed by atoms with Crippen molar-refractivity contribution in [3.05, 3.63) is 71.0 Å². The fourth-order valence-electron chi connectivity index (χ4n) is 2.69. The number of pyridine rings is 1. The van der Waals surface area contributed by atoms with Gasteiger partial charge in [0.05, 0.1) is 5.75 Å². The average molecular weight is 358 g/mol. The van der Waals surface area contributed by atoms with Gasteiger partial charge >= 0.3 is 5.97 Å². The Balaban J connectivity index is 1.82. The normalized spacial score (nSPS) is 10.9. The van der Waals surface area contributed by atoms with Crippen LogP contribution in [0.2, 0.25) is 5.02 Å². The molecular formula is C19H16ClNO2S. The summed E-state index contributed by atoms with van der Waals surface area (Å²) in [5.41, 5.74) is 2.30. The van der Waals surface area contributed by atoms with Gasteiger partial charge in [-0.05, 0) is 41.5 Å². The molecule has 0 aliphatic rings. The fraction of sp³-hybridized carbons (Fsp3) is 0.158. The maximum absolute atomic E-state index is 10.8. The number of halogens is 1. The maximum atomic E-state index is 10.8. The number of carbonyl (C=O) groups is 1. The van der Waals surface area contributed by atoms with Crippen molar-refractivity contribution in [2.75, 3.05) is 5.75 Å². The van der Waals surface area contributed by atoms with Crippen LogP contribution >= 0.6 is 23.4 Å². The zero-order valence-electron chi connectivity index (χ0n) is 12.9. The van der Waals surface area contributed by atoms with Crippen molar-refractivity contribution in [3.63, 3.8) is 0 Å². The van der Waals surface area contributed by atoms with Gasteiger partial charge in [-0.3, -0.25) is 9.78 Å². The number of fused-ring (bicyclic) bond motifs is 1. The van der Waals surface area contributed by atoms with Crippen LogP contribution in [0.15, 0.2) is 59.8 Å². The van der Waals surface area contributed by atoms with Crippen molar-refractivity contribution in [1.82, 2.24) is 4.98 Å². The summed E-state index contributed by atoms with van der Waals surface area (Å²) in [6, 6.07) is 14.0. The summed E-state index contributed by atoms with van der Waals surface area (Å²) in [5.74, 6) is -0.757. The van der Waals surface area contributed by atoms with E-state index in [2.05, 4.69) is 17.1 Å². The molecule has 2 aromatic carbocycles. The molecule has 1 aromatic heterocycles. The first-order valence-electron chi connectivity index (χ1n) is 7.59. The Kier molecular flexibility index (Phi) is 5.38. The Labute approximate surface area is 149 Å². The number of hydrogen-bond acceptors (Lipinski definition) is 3. The quantitative estimate of drug-likeness (QED) is 0.641. The summed E-state index contributed by atoms with van der Waals surface area (Å²) < 4.78 is 0. The highest BCUT2D eigenvalue weighted by Gasteiger charge is 2.08. The van der Waals surface area contributed by atoms with Crippen LogP contribution in [0.5, 0.6) is 0 Å². The van der Waals surface area contributed by atoms with Gasteiger partial charge in [-0.15, -0.1) is 11.8 Å². The highest BCUT2D eigenvalue weighted by molar-refractivity contribution is 8.00. The van der Waals surface area contributed by atoms with Crippen molar-refractivity contribution in [2.24, 2.45) is 0 Å². The SMILES string of the molecule is O=C(O)CSc1ccncc1CCc1ccc(Cl)c2ccccc12. The van der Waals surface area contributed by atoms with Crippen LogP contribution in [-0.4, -0.2) is 21.8 Å². The summed E-state index contributed by atoms with van der Waals surface area (Å²) in [4.78, 5) is 15.9. The predicted molar refractivity (Wildman–Crippen MR) is 99.0 cm³/mol. The van der Waals surface area contributed by atoms with E-state index in [1.807, 2.05) is 36.5 Å². The number of aromatic nitrogens is 1. The van der Waals surface area contributed by atoms with E-state index in [1.165, 1.54) is 17.3 Å². The summed E-state index contributed by atoms with van der Waals surface area (Å²) >= 11 is 7.61. The molecular weight excluding hydrogens is 342 g/mol. The highest BCUT2D eigenvalue weighted by Crippen LogP contribution is 2.28. The lowest BCUT2D eigenvalue weighted by molar-refractivity contribution is -0.133.